The highest BCUT2D eigenvalue weighted by Gasteiger charge is 2.15. The first kappa shape index (κ1) is 16.8. The lowest BCUT2D eigenvalue weighted by Gasteiger charge is -2.11. The predicted octanol–water partition coefficient (Wildman–Crippen LogP) is 4.84. The van der Waals surface area contributed by atoms with E-state index >= 15 is 0 Å². The fourth-order valence-electron chi connectivity index (χ4n) is 2.00. The Kier molecular flexibility index (Phi) is 5.08. The van der Waals surface area contributed by atoms with Gasteiger partial charge in [-0.15, -0.1) is 22.7 Å². The molecule has 122 valence electrons. The van der Waals surface area contributed by atoms with Gasteiger partial charge >= 0.3 is 0 Å². The van der Waals surface area contributed by atoms with Crippen molar-refractivity contribution < 1.29 is 9.59 Å². The summed E-state index contributed by atoms with van der Waals surface area (Å²) in [6, 6.07) is 9.16. The van der Waals surface area contributed by atoms with Crippen molar-refractivity contribution in [3.63, 3.8) is 0 Å². The van der Waals surface area contributed by atoms with Gasteiger partial charge in [-0.3, -0.25) is 9.59 Å². The van der Waals surface area contributed by atoms with Crippen molar-refractivity contribution in [1.29, 1.82) is 0 Å². The van der Waals surface area contributed by atoms with Crippen LogP contribution in [0.4, 0.5) is 11.4 Å². The standard InChI is InChI=1S/C16H12BrN3O2S2/c1-9(21)18-11-5-4-10(17)7-12(11)19-15(22)13-8-24-16(20-13)14-3-2-6-23-14/h2-8H,1H3,(H,18,21)(H,19,22). The van der Waals surface area contributed by atoms with Crippen LogP contribution in [0.5, 0.6) is 0 Å². The highest BCUT2D eigenvalue weighted by atomic mass is 79.9. The number of aromatic nitrogens is 1. The number of carbonyl (C=O) groups is 2. The summed E-state index contributed by atoms with van der Waals surface area (Å²) in [4.78, 5) is 29.2. The monoisotopic (exact) mass is 421 g/mol. The zero-order valence-electron chi connectivity index (χ0n) is 12.5. The summed E-state index contributed by atoms with van der Waals surface area (Å²) >= 11 is 6.37. The normalized spacial score (nSPS) is 10.4. The van der Waals surface area contributed by atoms with Crippen LogP contribution >= 0.6 is 38.6 Å². The number of amides is 2. The second-order valence-corrected chi connectivity index (χ2v) is 7.56. The maximum Gasteiger partial charge on any atom is 0.275 e. The Bertz CT molecular complexity index is 891. The lowest BCUT2D eigenvalue weighted by molar-refractivity contribution is -0.114. The van der Waals surface area contributed by atoms with Crippen molar-refractivity contribution >= 4 is 61.8 Å². The van der Waals surface area contributed by atoms with Gasteiger partial charge in [0.25, 0.3) is 5.91 Å². The van der Waals surface area contributed by atoms with Gasteiger partial charge in [0.15, 0.2) is 0 Å². The molecule has 2 N–H and O–H groups in total. The third-order valence-corrected chi connectivity index (χ3v) is 5.38. The van der Waals surface area contributed by atoms with Gasteiger partial charge in [0.1, 0.15) is 10.7 Å². The number of carbonyl (C=O) groups excluding carboxylic acids is 2. The molecule has 2 heterocycles. The smallest absolute Gasteiger partial charge is 0.275 e. The molecule has 0 bridgehead atoms. The molecule has 1 aromatic carbocycles. The van der Waals surface area contributed by atoms with Crippen molar-refractivity contribution in [3.05, 3.63) is 51.3 Å². The minimum absolute atomic E-state index is 0.207. The fraction of sp³-hybridized carbons (Fsp3) is 0.0625. The zero-order valence-corrected chi connectivity index (χ0v) is 15.7. The van der Waals surface area contributed by atoms with Crippen LogP contribution in [-0.4, -0.2) is 16.8 Å². The van der Waals surface area contributed by atoms with E-state index in [-0.39, 0.29) is 11.8 Å². The number of nitrogens with one attached hydrogen (secondary N) is 2. The van der Waals surface area contributed by atoms with Gasteiger partial charge in [0, 0.05) is 16.8 Å². The maximum atomic E-state index is 12.5. The summed E-state index contributed by atoms with van der Waals surface area (Å²) in [5.41, 5.74) is 1.39. The minimum Gasteiger partial charge on any atom is -0.325 e. The van der Waals surface area contributed by atoms with Crippen LogP contribution in [0.3, 0.4) is 0 Å². The number of anilines is 2. The van der Waals surface area contributed by atoms with Crippen molar-refractivity contribution in [2.45, 2.75) is 6.92 Å². The number of halogens is 1. The Labute approximate surface area is 154 Å². The Morgan fingerprint density at radius 2 is 1.96 bits per heavy atom. The Hall–Kier alpha value is -2.03. The Balaban J connectivity index is 1.82. The second kappa shape index (κ2) is 7.25. The number of nitrogens with zero attached hydrogens (tertiary/aromatic N) is 1. The summed E-state index contributed by atoms with van der Waals surface area (Å²) in [7, 11) is 0. The van der Waals surface area contributed by atoms with Gasteiger partial charge in [0.05, 0.1) is 16.3 Å². The van der Waals surface area contributed by atoms with Crippen LogP contribution in [-0.2, 0) is 4.79 Å². The molecule has 0 fully saturated rings. The van der Waals surface area contributed by atoms with Crippen molar-refractivity contribution in [3.8, 4) is 9.88 Å². The first-order valence-electron chi connectivity index (χ1n) is 6.91. The molecule has 0 atom stereocenters. The molecule has 2 amide bonds. The van der Waals surface area contributed by atoms with Crippen LogP contribution < -0.4 is 10.6 Å². The SMILES string of the molecule is CC(=O)Nc1ccc(Br)cc1NC(=O)c1csc(-c2cccs2)n1. The zero-order chi connectivity index (χ0) is 17.1. The van der Waals surface area contributed by atoms with Crippen LogP contribution in [0.25, 0.3) is 9.88 Å². The van der Waals surface area contributed by atoms with E-state index in [1.54, 1.807) is 34.9 Å². The number of thiazole rings is 1. The maximum absolute atomic E-state index is 12.5. The number of hydrogen-bond donors (Lipinski definition) is 2. The molecule has 0 unspecified atom stereocenters. The number of benzene rings is 1. The van der Waals surface area contributed by atoms with Gasteiger partial charge in [-0.1, -0.05) is 22.0 Å². The topological polar surface area (TPSA) is 71.1 Å². The van der Waals surface area contributed by atoms with Crippen molar-refractivity contribution in [2.75, 3.05) is 10.6 Å². The summed E-state index contributed by atoms with van der Waals surface area (Å²) in [6.07, 6.45) is 0. The number of hydrogen-bond acceptors (Lipinski definition) is 5. The lowest BCUT2D eigenvalue weighted by Crippen LogP contribution is -2.15. The molecule has 0 saturated heterocycles. The molecule has 24 heavy (non-hydrogen) atoms. The van der Waals surface area contributed by atoms with E-state index in [0.29, 0.717) is 17.1 Å². The lowest BCUT2D eigenvalue weighted by atomic mass is 10.2. The molecule has 0 spiro atoms. The van der Waals surface area contributed by atoms with Crippen molar-refractivity contribution in [2.24, 2.45) is 0 Å². The van der Waals surface area contributed by atoms with Gasteiger partial charge < -0.3 is 10.6 Å². The molecule has 3 aromatic rings. The van der Waals surface area contributed by atoms with E-state index in [1.807, 2.05) is 17.5 Å². The molecular weight excluding hydrogens is 410 g/mol. The summed E-state index contributed by atoms with van der Waals surface area (Å²) in [5.74, 6) is -0.528. The van der Waals surface area contributed by atoms with Crippen LogP contribution in [0.2, 0.25) is 0 Å². The first-order valence-corrected chi connectivity index (χ1v) is 9.46. The average molecular weight is 422 g/mol. The molecule has 0 aliphatic rings. The minimum atomic E-state index is -0.321. The van der Waals surface area contributed by atoms with E-state index < -0.39 is 0 Å². The average Bonchev–Trinajstić information content (AvgIpc) is 3.19. The molecule has 8 heteroatoms. The Morgan fingerprint density at radius 1 is 1.12 bits per heavy atom. The largest absolute Gasteiger partial charge is 0.325 e. The summed E-state index contributed by atoms with van der Waals surface area (Å²) in [6.45, 7) is 1.42. The number of rotatable bonds is 4. The Morgan fingerprint density at radius 3 is 2.67 bits per heavy atom. The molecule has 5 nitrogen and oxygen atoms in total. The van der Waals surface area contributed by atoms with Crippen LogP contribution in [0.1, 0.15) is 17.4 Å². The molecule has 0 aliphatic heterocycles. The molecule has 0 aliphatic carbocycles. The first-order chi connectivity index (χ1) is 11.5. The summed E-state index contributed by atoms with van der Waals surface area (Å²) < 4.78 is 0.796. The third-order valence-electron chi connectivity index (χ3n) is 3.01. The molecule has 0 radical (unpaired) electrons. The molecule has 2 aromatic heterocycles. The van der Waals surface area contributed by atoms with Gasteiger partial charge in [-0.2, -0.15) is 0 Å². The highest BCUT2D eigenvalue weighted by molar-refractivity contribution is 9.10. The van der Waals surface area contributed by atoms with E-state index in [1.165, 1.54) is 18.3 Å². The van der Waals surface area contributed by atoms with Gasteiger partial charge in [-0.25, -0.2) is 4.98 Å². The molecule has 3 rings (SSSR count). The van der Waals surface area contributed by atoms with Crippen molar-refractivity contribution in [1.82, 2.24) is 4.98 Å². The second-order valence-electron chi connectivity index (χ2n) is 4.84. The van der Waals surface area contributed by atoms with E-state index in [9.17, 15) is 9.59 Å². The van der Waals surface area contributed by atoms with Crippen LogP contribution in [0, 0.1) is 0 Å². The fourth-order valence-corrected chi connectivity index (χ4v) is 3.97. The molecular formula is C16H12BrN3O2S2. The third kappa shape index (κ3) is 3.89. The molecule has 0 saturated carbocycles. The predicted molar refractivity (Wildman–Crippen MR) is 102 cm³/mol. The van der Waals surface area contributed by atoms with E-state index in [4.69, 9.17) is 0 Å². The number of thiophene rings is 1. The quantitative estimate of drug-likeness (QED) is 0.632. The van der Waals surface area contributed by atoms with E-state index in [0.717, 1.165) is 14.4 Å². The van der Waals surface area contributed by atoms with Gasteiger partial charge in [0.2, 0.25) is 5.91 Å². The van der Waals surface area contributed by atoms with Gasteiger partial charge in [-0.05, 0) is 29.6 Å². The van der Waals surface area contributed by atoms with Crippen LogP contribution in [0.15, 0.2) is 45.6 Å². The highest BCUT2D eigenvalue weighted by Crippen LogP contribution is 2.29. The van der Waals surface area contributed by atoms with E-state index in [2.05, 4.69) is 31.5 Å². The summed E-state index contributed by atoms with van der Waals surface area (Å²) in [5, 5.41) is 9.99.